The molecule has 2 unspecified atom stereocenters. The van der Waals surface area contributed by atoms with Crippen LogP contribution in [0.15, 0.2) is 4.47 Å². The van der Waals surface area contributed by atoms with E-state index >= 15 is 0 Å². The molecule has 0 aliphatic carbocycles. The van der Waals surface area contributed by atoms with Crippen LogP contribution >= 0.6 is 15.9 Å². The summed E-state index contributed by atoms with van der Waals surface area (Å²) in [6.07, 6.45) is 4.41. The summed E-state index contributed by atoms with van der Waals surface area (Å²) in [6.45, 7) is 4.95. The molecule has 4 heteroatoms. The Hall–Kier alpha value is -0.740. The van der Waals surface area contributed by atoms with Crippen molar-refractivity contribution in [3.8, 4) is 11.5 Å². The van der Waals surface area contributed by atoms with E-state index in [0.29, 0.717) is 6.54 Å². The lowest BCUT2D eigenvalue weighted by Crippen LogP contribution is -2.08. The van der Waals surface area contributed by atoms with Crippen LogP contribution < -0.4 is 15.2 Å². The molecular formula is C15H20BrNO2. The highest BCUT2D eigenvalue weighted by Gasteiger charge is 2.34. The van der Waals surface area contributed by atoms with Gasteiger partial charge in [-0.05, 0) is 49.2 Å². The molecule has 0 amide bonds. The van der Waals surface area contributed by atoms with Gasteiger partial charge >= 0.3 is 0 Å². The fourth-order valence-electron chi connectivity index (χ4n) is 3.09. The second-order valence-corrected chi connectivity index (χ2v) is 6.36. The minimum Gasteiger partial charge on any atom is -0.490 e. The van der Waals surface area contributed by atoms with Crippen molar-refractivity contribution in [1.82, 2.24) is 0 Å². The molecule has 2 N–H and O–H groups in total. The van der Waals surface area contributed by atoms with E-state index in [9.17, 15) is 0 Å². The molecule has 0 aromatic heterocycles. The van der Waals surface area contributed by atoms with Crippen LogP contribution in [-0.2, 0) is 19.3 Å². The normalized spacial score (nSPS) is 23.8. The highest BCUT2D eigenvalue weighted by atomic mass is 79.9. The topological polar surface area (TPSA) is 44.5 Å². The highest BCUT2D eigenvalue weighted by molar-refractivity contribution is 9.10. The number of ether oxygens (including phenoxy) is 2. The highest BCUT2D eigenvalue weighted by Crippen LogP contribution is 2.49. The van der Waals surface area contributed by atoms with Gasteiger partial charge < -0.3 is 15.2 Å². The Bertz CT molecular complexity index is 476. The Kier molecular flexibility index (Phi) is 3.48. The van der Waals surface area contributed by atoms with Gasteiger partial charge in [0, 0.05) is 29.5 Å². The van der Waals surface area contributed by atoms with E-state index in [-0.39, 0.29) is 12.2 Å². The Morgan fingerprint density at radius 3 is 2.42 bits per heavy atom. The molecule has 3 rings (SSSR count). The number of halogens is 1. The Labute approximate surface area is 122 Å². The average molecular weight is 326 g/mol. The van der Waals surface area contributed by atoms with E-state index in [1.54, 1.807) is 0 Å². The van der Waals surface area contributed by atoms with Crippen LogP contribution in [-0.4, -0.2) is 18.8 Å². The number of nitrogens with two attached hydrogens (primary N) is 1. The van der Waals surface area contributed by atoms with Gasteiger partial charge in [-0.2, -0.15) is 0 Å². The van der Waals surface area contributed by atoms with Gasteiger partial charge in [0.1, 0.15) is 23.7 Å². The number of hydrogen-bond donors (Lipinski definition) is 1. The molecule has 2 aliphatic heterocycles. The smallest absolute Gasteiger partial charge is 0.138 e. The van der Waals surface area contributed by atoms with Crippen LogP contribution in [0.5, 0.6) is 11.5 Å². The zero-order chi connectivity index (χ0) is 13.6. The lowest BCUT2D eigenvalue weighted by atomic mass is 9.95. The lowest BCUT2D eigenvalue weighted by molar-refractivity contribution is 0.251. The van der Waals surface area contributed by atoms with Crippen molar-refractivity contribution < 1.29 is 9.47 Å². The summed E-state index contributed by atoms with van der Waals surface area (Å²) >= 11 is 3.71. The molecule has 2 aliphatic rings. The average Bonchev–Trinajstić information content (AvgIpc) is 2.93. The van der Waals surface area contributed by atoms with Gasteiger partial charge in [-0.15, -0.1) is 0 Å². The molecule has 19 heavy (non-hydrogen) atoms. The number of hydrogen-bond acceptors (Lipinski definition) is 3. The van der Waals surface area contributed by atoms with Crippen molar-refractivity contribution in [1.29, 1.82) is 0 Å². The quantitative estimate of drug-likeness (QED) is 0.929. The Morgan fingerprint density at radius 2 is 1.74 bits per heavy atom. The maximum Gasteiger partial charge on any atom is 0.138 e. The number of benzene rings is 1. The van der Waals surface area contributed by atoms with Crippen molar-refractivity contribution in [2.45, 2.75) is 51.7 Å². The van der Waals surface area contributed by atoms with E-state index in [4.69, 9.17) is 15.2 Å². The predicted molar refractivity (Wildman–Crippen MR) is 79.1 cm³/mol. The third-order valence-corrected chi connectivity index (χ3v) is 4.74. The maximum absolute atomic E-state index is 6.05. The second-order valence-electron chi connectivity index (χ2n) is 5.57. The van der Waals surface area contributed by atoms with Gasteiger partial charge in [-0.25, -0.2) is 0 Å². The fraction of sp³-hybridized carbons (Fsp3) is 0.600. The van der Waals surface area contributed by atoms with Crippen LogP contribution in [0.3, 0.4) is 0 Å². The van der Waals surface area contributed by atoms with E-state index in [1.807, 2.05) is 0 Å². The van der Waals surface area contributed by atoms with Crippen molar-refractivity contribution in [2.24, 2.45) is 5.73 Å². The molecule has 2 heterocycles. The van der Waals surface area contributed by atoms with Crippen molar-refractivity contribution in [2.75, 3.05) is 6.54 Å². The zero-order valence-corrected chi connectivity index (χ0v) is 13.0. The first-order valence-corrected chi connectivity index (χ1v) is 7.80. The van der Waals surface area contributed by atoms with E-state index in [2.05, 4.69) is 29.8 Å². The van der Waals surface area contributed by atoms with Gasteiger partial charge in [0.15, 0.2) is 0 Å². The standard InChI is InChI=1S/C15H20BrNO2/c1-8-6-11-10(4-3-5-17)14-12(7-9(2)18-14)13(16)15(11)19-8/h8-9H,3-7,17H2,1-2H3. The summed E-state index contributed by atoms with van der Waals surface area (Å²) in [4.78, 5) is 0. The first-order valence-electron chi connectivity index (χ1n) is 7.01. The molecule has 1 aromatic rings. The number of rotatable bonds is 3. The molecular weight excluding hydrogens is 306 g/mol. The Balaban J connectivity index is 2.12. The van der Waals surface area contributed by atoms with Crippen LogP contribution in [0.1, 0.15) is 37.0 Å². The van der Waals surface area contributed by atoms with Crippen LogP contribution in [0.25, 0.3) is 0 Å². The zero-order valence-electron chi connectivity index (χ0n) is 11.5. The van der Waals surface area contributed by atoms with Crippen LogP contribution in [0.4, 0.5) is 0 Å². The van der Waals surface area contributed by atoms with Crippen LogP contribution in [0.2, 0.25) is 0 Å². The molecule has 1 aromatic carbocycles. The number of fused-ring (bicyclic) bond motifs is 2. The third-order valence-electron chi connectivity index (χ3n) is 3.90. The fourth-order valence-corrected chi connectivity index (χ4v) is 3.77. The second kappa shape index (κ2) is 4.98. The summed E-state index contributed by atoms with van der Waals surface area (Å²) in [5, 5.41) is 0. The van der Waals surface area contributed by atoms with Crippen LogP contribution in [0, 0.1) is 0 Å². The maximum atomic E-state index is 6.05. The summed E-state index contributed by atoms with van der Waals surface area (Å²) in [7, 11) is 0. The van der Waals surface area contributed by atoms with Gasteiger partial charge in [0.25, 0.3) is 0 Å². The monoisotopic (exact) mass is 325 g/mol. The first-order chi connectivity index (χ1) is 9.11. The predicted octanol–water partition coefficient (Wildman–Crippen LogP) is 2.99. The lowest BCUT2D eigenvalue weighted by Gasteiger charge is -2.15. The summed E-state index contributed by atoms with van der Waals surface area (Å²) < 4.78 is 13.1. The molecule has 3 nitrogen and oxygen atoms in total. The molecule has 0 saturated heterocycles. The van der Waals surface area contributed by atoms with E-state index in [0.717, 1.165) is 41.7 Å². The molecule has 0 fully saturated rings. The molecule has 0 spiro atoms. The Morgan fingerprint density at radius 1 is 1.11 bits per heavy atom. The van der Waals surface area contributed by atoms with Gasteiger partial charge in [0.05, 0.1) is 4.47 Å². The van der Waals surface area contributed by atoms with Gasteiger partial charge in [0.2, 0.25) is 0 Å². The first kappa shape index (κ1) is 13.3. The molecule has 2 atom stereocenters. The minimum atomic E-state index is 0.253. The molecule has 0 bridgehead atoms. The minimum absolute atomic E-state index is 0.253. The SMILES string of the molecule is CC1Cc2c(CCCN)c3c(c(Br)c2O1)CC(C)O3. The van der Waals surface area contributed by atoms with Gasteiger partial charge in [-0.1, -0.05) is 0 Å². The molecule has 104 valence electrons. The molecule has 0 radical (unpaired) electrons. The van der Waals surface area contributed by atoms with Gasteiger partial charge in [-0.3, -0.25) is 0 Å². The van der Waals surface area contributed by atoms with E-state index < -0.39 is 0 Å². The summed E-state index contributed by atoms with van der Waals surface area (Å²) in [5.41, 5.74) is 9.59. The third kappa shape index (κ3) is 2.15. The largest absolute Gasteiger partial charge is 0.490 e. The van der Waals surface area contributed by atoms with Crippen molar-refractivity contribution in [3.05, 3.63) is 21.2 Å². The van der Waals surface area contributed by atoms with E-state index in [1.165, 1.54) is 16.7 Å². The molecule has 0 saturated carbocycles. The summed E-state index contributed by atoms with van der Waals surface area (Å²) in [5.74, 6) is 2.13. The summed E-state index contributed by atoms with van der Waals surface area (Å²) in [6, 6.07) is 0. The van der Waals surface area contributed by atoms with Crippen molar-refractivity contribution >= 4 is 15.9 Å². The van der Waals surface area contributed by atoms with Crippen molar-refractivity contribution in [3.63, 3.8) is 0 Å².